The van der Waals surface area contributed by atoms with Gasteiger partial charge in [-0.25, -0.2) is 0 Å². The SMILES string of the molecule is CC(=O)NCCCC[C@H](NC(=O)[C@H](CCC(=O)O)NC(=O)[C@H](Cc1ccccc1)NC(=O)[C@@H](NC(=O)[C@H](CC(C)C)NC(C)=O)[C@@H](C)O)C(=O)N[C@@H](Cc1ccc(O)cc1)C(=O)N[C@@H](Cc1c[nH]c2ccccc12)C(=O)N[C@@H](C)C(=O)N[C@@H](CCC(N)=O)C(=O)N[C@@H](CC(C)C)C(=O)N[C@H](C(=O)N[C@@H](CO)C(N)=O)[C@@H](C)O. The fourth-order valence-electron chi connectivity index (χ4n) is 11.7. The molecule has 37 heteroatoms. The molecule has 1 aromatic heterocycles. The zero-order valence-electron chi connectivity index (χ0n) is 64.1. The second-order valence-electron chi connectivity index (χ2n) is 28.3. The molecule has 3 aromatic carbocycles. The van der Waals surface area contributed by atoms with E-state index in [2.05, 4.69) is 74.1 Å². The Kier molecular flexibility index (Phi) is 38.2. The number of carboxylic acids is 1. The Hall–Kier alpha value is -11.6. The number of nitrogens with one attached hydrogen (secondary N) is 14. The second-order valence-corrected chi connectivity index (χ2v) is 28.3. The van der Waals surface area contributed by atoms with E-state index in [1.165, 1.54) is 52.0 Å². The van der Waals surface area contributed by atoms with Gasteiger partial charge in [0.2, 0.25) is 88.6 Å². The first-order chi connectivity index (χ1) is 52.8. The molecule has 0 aliphatic carbocycles. The number of aromatic hydroxyl groups is 1. The molecular formula is C75H108N16O21. The summed E-state index contributed by atoms with van der Waals surface area (Å²) in [5.41, 5.74) is 12.6. The van der Waals surface area contributed by atoms with E-state index in [0.29, 0.717) is 27.6 Å². The highest BCUT2D eigenvalue weighted by Gasteiger charge is 2.39. The van der Waals surface area contributed by atoms with Crippen LogP contribution in [0, 0.1) is 11.8 Å². The molecule has 4 rings (SSSR count). The number of rotatable bonds is 48. The average Bonchev–Trinajstić information content (AvgIpc) is 1.61. The maximum Gasteiger partial charge on any atom is 0.303 e. The zero-order chi connectivity index (χ0) is 83.6. The van der Waals surface area contributed by atoms with E-state index in [0.717, 1.165) is 6.92 Å². The van der Waals surface area contributed by atoms with E-state index in [1.54, 1.807) is 88.5 Å². The summed E-state index contributed by atoms with van der Waals surface area (Å²) >= 11 is 0. The van der Waals surface area contributed by atoms with E-state index in [1.807, 2.05) is 0 Å². The van der Waals surface area contributed by atoms with Gasteiger partial charge in [-0.1, -0.05) is 88.4 Å². The number of aromatic amines is 1. The van der Waals surface area contributed by atoms with Crippen LogP contribution in [0.3, 0.4) is 0 Å². The van der Waals surface area contributed by atoms with Gasteiger partial charge in [0.15, 0.2) is 0 Å². The van der Waals surface area contributed by atoms with Crippen molar-refractivity contribution in [3.8, 4) is 5.75 Å². The van der Waals surface area contributed by atoms with Crippen LogP contribution < -0.4 is 80.6 Å². The molecule has 0 unspecified atom stereocenters. The van der Waals surface area contributed by atoms with Crippen molar-refractivity contribution in [3.05, 3.63) is 102 Å². The summed E-state index contributed by atoms with van der Waals surface area (Å²) in [4.78, 5) is 221. The summed E-state index contributed by atoms with van der Waals surface area (Å²) in [5, 5.41) is 84.3. The topological polar surface area (TPSA) is 598 Å². The van der Waals surface area contributed by atoms with Crippen molar-refractivity contribution in [2.45, 2.75) is 224 Å². The molecule has 0 fully saturated rings. The van der Waals surface area contributed by atoms with E-state index in [-0.39, 0.29) is 81.4 Å². The third kappa shape index (κ3) is 32.1. The van der Waals surface area contributed by atoms with Gasteiger partial charge in [-0.15, -0.1) is 0 Å². The molecular weight excluding hydrogens is 1460 g/mol. The predicted molar refractivity (Wildman–Crippen MR) is 405 cm³/mol. The van der Waals surface area contributed by atoms with Gasteiger partial charge >= 0.3 is 5.97 Å². The number of phenolic OH excluding ortho intramolecular Hbond substituents is 1. The quantitative estimate of drug-likeness (QED) is 0.0191. The molecule has 614 valence electrons. The highest BCUT2D eigenvalue weighted by Crippen LogP contribution is 2.21. The molecule has 0 saturated heterocycles. The van der Waals surface area contributed by atoms with Gasteiger partial charge in [0.1, 0.15) is 78.3 Å². The molecule has 15 amide bonds. The number of unbranched alkanes of at least 4 members (excludes halogenated alkanes) is 1. The van der Waals surface area contributed by atoms with Crippen LogP contribution in [0.15, 0.2) is 85.1 Å². The van der Waals surface area contributed by atoms with E-state index >= 15 is 9.59 Å². The number of aliphatic carboxylic acids is 1. The van der Waals surface area contributed by atoms with E-state index < -0.39 is 206 Å². The minimum Gasteiger partial charge on any atom is -0.508 e. The number of H-pyrrole nitrogens is 1. The molecule has 0 aliphatic rings. The molecule has 112 heavy (non-hydrogen) atoms. The first-order valence-corrected chi connectivity index (χ1v) is 36.8. The van der Waals surface area contributed by atoms with Crippen LogP contribution in [0.25, 0.3) is 10.9 Å². The summed E-state index contributed by atoms with van der Waals surface area (Å²) in [5.74, 6) is -16.5. The maximum atomic E-state index is 15.2. The number of carbonyl (C=O) groups excluding carboxylic acids is 15. The van der Waals surface area contributed by atoms with Crippen LogP contribution in [-0.2, 0) is 96.0 Å². The fraction of sp³-hybridized carbons (Fsp3) is 0.520. The normalized spacial score (nSPS) is 14.9. The molecule has 0 spiro atoms. The number of fused-ring (bicyclic) bond motifs is 1. The van der Waals surface area contributed by atoms with E-state index in [4.69, 9.17) is 11.5 Å². The van der Waals surface area contributed by atoms with Crippen molar-refractivity contribution in [2.75, 3.05) is 13.2 Å². The lowest BCUT2D eigenvalue weighted by molar-refractivity contribution is -0.139. The zero-order valence-corrected chi connectivity index (χ0v) is 64.1. The Morgan fingerprint density at radius 3 is 1.30 bits per heavy atom. The van der Waals surface area contributed by atoms with Crippen molar-refractivity contribution in [1.82, 2.24) is 74.1 Å². The number of aromatic nitrogens is 1. The van der Waals surface area contributed by atoms with Gasteiger partial charge in [0.25, 0.3) is 0 Å². The fourth-order valence-corrected chi connectivity index (χ4v) is 11.7. The second kappa shape index (κ2) is 46.2. The Bertz CT molecular complexity index is 3910. The minimum absolute atomic E-state index is 0.0850. The molecule has 37 nitrogen and oxygen atoms in total. The molecule has 14 atom stereocenters. The van der Waals surface area contributed by atoms with Crippen molar-refractivity contribution in [2.24, 2.45) is 23.3 Å². The Labute approximate surface area is 647 Å². The number of phenols is 1. The monoisotopic (exact) mass is 1570 g/mol. The number of para-hydroxylation sites is 1. The largest absolute Gasteiger partial charge is 0.508 e. The molecule has 23 N–H and O–H groups in total. The van der Waals surface area contributed by atoms with Gasteiger partial charge in [0, 0.05) is 69.6 Å². The van der Waals surface area contributed by atoms with Crippen LogP contribution in [0.1, 0.15) is 137 Å². The van der Waals surface area contributed by atoms with Gasteiger partial charge < -0.3 is 111 Å². The van der Waals surface area contributed by atoms with Crippen LogP contribution >= 0.6 is 0 Å². The van der Waals surface area contributed by atoms with Gasteiger partial charge in [0.05, 0.1) is 18.8 Å². The number of carboxylic acid groups (broad SMARTS) is 1. The van der Waals surface area contributed by atoms with Crippen LogP contribution in [0.4, 0.5) is 0 Å². The summed E-state index contributed by atoms with van der Waals surface area (Å²) in [6.45, 7) is 12.1. The average molecular weight is 1570 g/mol. The first kappa shape index (κ1) is 92.8. The molecule has 0 bridgehead atoms. The van der Waals surface area contributed by atoms with Crippen molar-refractivity contribution in [1.29, 1.82) is 0 Å². The number of amides is 15. The van der Waals surface area contributed by atoms with Crippen LogP contribution in [0.2, 0.25) is 0 Å². The van der Waals surface area contributed by atoms with Gasteiger partial charge in [-0.2, -0.15) is 0 Å². The number of hydrogen-bond acceptors (Lipinski definition) is 20. The lowest BCUT2D eigenvalue weighted by Gasteiger charge is -2.29. The summed E-state index contributed by atoms with van der Waals surface area (Å²) in [7, 11) is 0. The Balaban J connectivity index is 1.74. The lowest BCUT2D eigenvalue weighted by Crippen LogP contribution is -2.62. The number of aliphatic hydroxyl groups is 3. The van der Waals surface area contributed by atoms with Gasteiger partial charge in [-0.3, -0.25) is 76.7 Å². The number of primary amides is 2. The number of benzene rings is 3. The molecule has 1 heterocycles. The predicted octanol–water partition coefficient (Wildman–Crippen LogP) is -3.47. The smallest absolute Gasteiger partial charge is 0.303 e. The molecule has 0 radical (unpaired) electrons. The minimum atomic E-state index is -1.79. The number of nitrogens with two attached hydrogens (primary N) is 2. The third-order valence-corrected chi connectivity index (χ3v) is 17.6. The highest BCUT2D eigenvalue weighted by atomic mass is 16.4. The number of hydrogen-bond donors (Lipinski definition) is 21. The van der Waals surface area contributed by atoms with Gasteiger partial charge in [-0.05, 0) is 112 Å². The summed E-state index contributed by atoms with van der Waals surface area (Å²) in [6.07, 6.45) is -4.87. The van der Waals surface area contributed by atoms with Crippen molar-refractivity contribution < 1.29 is 102 Å². The maximum absolute atomic E-state index is 15.2. The summed E-state index contributed by atoms with van der Waals surface area (Å²) in [6, 6.07) is 1.15. The number of carbonyl (C=O) groups is 16. The molecule has 0 aliphatic heterocycles. The van der Waals surface area contributed by atoms with Crippen molar-refractivity contribution >= 4 is 105 Å². The lowest BCUT2D eigenvalue weighted by atomic mass is 10.0. The van der Waals surface area contributed by atoms with Crippen LogP contribution in [0.5, 0.6) is 5.75 Å². The van der Waals surface area contributed by atoms with E-state index in [9.17, 15) is 92.7 Å². The molecule has 0 saturated carbocycles. The Morgan fingerprint density at radius 1 is 0.420 bits per heavy atom. The highest BCUT2D eigenvalue weighted by molar-refractivity contribution is 6.00. The standard InChI is InChI=1S/C75H108N16O21/c1-38(2)31-54(81-44(9)96)72(109)90-62(41(6)93)74(111)88-57(33-45-17-11-10-12-18-45)70(107)84-53(27-29-61(99)100)67(104)83-51(21-15-16-30-78-43(8)95)66(103)86-56(34-46-22-24-48(97)25-23-46)71(108)87-58(35-47-36-79-50-20-14-13-19-49(47)50)69(106)80-40(5)65(102)82-52(26-28-60(76)98)68(105)85-55(32-39(3)4)73(110)91-63(42(7)94)75(112)89-59(37-92)64(77)101/h10-14,17-20,22-25,36,38-42,51-59,62-63,79,92-94,97H,15-16,21,26-35,37H2,1-9H3,(H2,76,98)(H2,77,101)(H,78,95)(H,80,106)(H,81,96)(H,82,102)(H,83,104)(H,84,107)(H,85,105)(H,86,103)(H,87,108)(H,88,111)(H,89,112)(H,90,109)(H,91,110)(H,99,100)/t40-,41+,42+,51-,52-,53-,54-,55-,56-,57-,58-,59-,62-,63-/m0/s1. The number of aliphatic hydroxyl groups excluding tert-OH is 3. The van der Waals surface area contributed by atoms with Crippen molar-refractivity contribution in [3.63, 3.8) is 0 Å². The Morgan fingerprint density at radius 2 is 0.830 bits per heavy atom. The molecule has 4 aromatic rings. The summed E-state index contributed by atoms with van der Waals surface area (Å²) < 4.78 is 0. The first-order valence-electron chi connectivity index (χ1n) is 36.8. The van der Waals surface area contributed by atoms with Crippen LogP contribution in [-0.4, -0.2) is 223 Å². The third-order valence-electron chi connectivity index (χ3n) is 17.6.